The van der Waals surface area contributed by atoms with Crippen molar-refractivity contribution in [1.82, 2.24) is 0 Å². The fraction of sp³-hybridized carbons (Fsp3) is 0.872. The first-order chi connectivity index (χ1) is 43.0. The van der Waals surface area contributed by atoms with E-state index in [4.69, 9.17) is 18.5 Å². The molecule has 0 aromatic carbocycles. The third kappa shape index (κ3) is 73.0. The summed E-state index contributed by atoms with van der Waals surface area (Å²) in [4.78, 5) is 35.9. The topological polar surface area (TPSA) is 108 Å². The number of quaternary nitrogens is 1. The zero-order valence-corrected chi connectivity index (χ0v) is 60.1. The lowest BCUT2D eigenvalue weighted by Gasteiger charge is -2.24. The fourth-order valence-corrected chi connectivity index (χ4v) is 12.3. The van der Waals surface area contributed by atoms with Crippen LogP contribution in [-0.4, -0.2) is 74.9 Å². The minimum absolute atomic E-state index is 0.0347. The van der Waals surface area contributed by atoms with E-state index in [2.05, 4.69) is 62.5 Å². The van der Waals surface area contributed by atoms with Crippen molar-refractivity contribution in [2.45, 2.75) is 392 Å². The summed E-state index contributed by atoms with van der Waals surface area (Å²) in [6.07, 6.45) is 91.1. The number of carbonyl (C=O) groups excluding carboxylic acids is 2. The highest BCUT2D eigenvalue weighted by atomic mass is 31.2. The molecule has 0 rings (SSSR count). The van der Waals surface area contributed by atoms with Gasteiger partial charge < -0.3 is 18.9 Å². The lowest BCUT2D eigenvalue weighted by Crippen LogP contribution is -2.37. The fourth-order valence-electron chi connectivity index (χ4n) is 11.5. The lowest BCUT2D eigenvalue weighted by atomic mass is 10.0. The first-order valence-corrected chi connectivity index (χ1v) is 39.9. The molecule has 0 aromatic rings. The summed E-state index contributed by atoms with van der Waals surface area (Å²) in [5.41, 5.74) is 0. The van der Waals surface area contributed by atoms with Crippen molar-refractivity contribution in [3.8, 4) is 0 Å². The van der Waals surface area contributed by atoms with E-state index < -0.39 is 26.5 Å². The number of rotatable bonds is 72. The molecule has 0 amide bonds. The summed E-state index contributed by atoms with van der Waals surface area (Å²) in [7, 11) is 1.50. The Morgan fingerprint density at radius 1 is 0.364 bits per heavy atom. The molecule has 0 aliphatic rings. The third-order valence-corrected chi connectivity index (χ3v) is 18.4. The highest BCUT2D eigenvalue weighted by molar-refractivity contribution is 7.47. The number of nitrogens with zero attached hydrogens (tertiary/aromatic N) is 1. The molecule has 2 atom stereocenters. The van der Waals surface area contributed by atoms with Crippen molar-refractivity contribution < 1.29 is 42.1 Å². The van der Waals surface area contributed by atoms with Gasteiger partial charge >= 0.3 is 19.8 Å². The van der Waals surface area contributed by atoms with Gasteiger partial charge in [0.1, 0.15) is 19.8 Å². The van der Waals surface area contributed by atoms with Gasteiger partial charge in [-0.25, -0.2) is 4.57 Å². The molecule has 0 aliphatic carbocycles. The van der Waals surface area contributed by atoms with Crippen LogP contribution >= 0.6 is 7.82 Å². The number of carbonyl (C=O) groups is 2. The second-order valence-electron chi connectivity index (χ2n) is 27.4. The number of ether oxygens (including phenoxy) is 2. The number of hydrogen-bond acceptors (Lipinski definition) is 7. The molecule has 0 aromatic heterocycles. The average molecular weight is 1260 g/mol. The van der Waals surface area contributed by atoms with E-state index in [1.165, 1.54) is 295 Å². The van der Waals surface area contributed by atoms with Gasteiger partial charge in [-0.15, -0.1) is 0 Å². The van der Waals surface area contributed by atoms with Gasteiger partial charge in [-0.1, -0.05) is 371 Å². The number of likely N-dealkylation sites (N-methyl/N-ethyl adjacent to an activating group) is 1. The van der Waals surface area contributed by atoms with Crippen LogP contribution in [0, 0.1) is 0 Å². The SMILES string of the molecule is CC/C=C\C/C=C\C/C=C\C/C=C\CCCCCCCCCCCCCCCCCCCCCCC(=O)OC(COC(=O)CCCCCCCCCCCCCCCCCCCCCCCCCCCCCCCCC)COP(=O)(O)OCC[N+](C)(C)C. The molecule has 0 spiro atoms. The van der Waals surface area contributed by atoms with Crippen LogP contribution in [0.25, 0.3) is 0 Å². The third-order valence-electron chi connectivity index (χ3n) is 17.4. The highest BCUT2D eigenvalue weighted by Gasteiger charge is 2.27. The van der Waals surface area contributed by atoms with Crippen LogP contribution in [-0.2, 0) is 32.7 Å². The Hall–Kier alpha value is -2.03. The van der Waals surface area contributed by atoms with Crippen LogP contribution < -0.4 is 0 Å². The standard InChI is InChI=1S/C78H148NO8P/c1-6-8-10-12-14-16-18-20-22-24-26-28-30-32-34-36-38-39-41-43-45-47-49-51-53-55-57-59-61-63-65-67-69-71-78(81)87-76(75-86-88(82,83)85-73-72-79(3,4)5)74-84-77(80)70-68-66-64-62-60-58-56-54-52-50-48-46-44-42-40-37-35-33-31-29-27-25-23-21-19-17-15-13-11-9-7-2/h8,10,14,16,20,22,26,28,76H,6-7,9,11-13,15,17-19,21,23-25,27,29-75H2,1-5H3/p+1/b10-8-,16-14-,22-20-,28-26-. The van der Waals surface area contributed by atoms with Crippen LogP contribution in [0.15, 0.2) is 48.6 Å². The Morgan fingerprint density at radius 3 is 0.966 bits per heavy atom. The van der Waals surface area contributed by atoms with E-state index in [0.717, 1.165) is 57.8 Å². The minimum atomic E-state index is -4.39. The van der Waals surface area contributed by atoms with Gasteiger partial charge in [-0.3, -0.25) is 18.6 Å². The second-order valence-corrected chi connectivity index (χ2v) is 28.8. The molecular formula is C78H149NO8P+. The molecule has 0 fully saturated rings. The number of esters is 2. The maximum atomic E-state index is 12.9. The molecule has 0 radical (unpaired) electrons. The van der Waals surface area contributed by atoms with Gasteiger partial charge in [0, 0.05) is 12.8 Å². The van der Waals surface area contributed by atoms with Gasteiger partial charge in [0.25, 0.3) is 0 Å². The van der Waals surface area contributed by atoms with Crippen LogP contribution in [0.2, 0.25) is 0 Å². The van der Waals surface area contributed by atoms with E-state index in [9.17, 15) is 19.0 Å². The number of allylic oxidation sites excluding steroid dienone is 8. The summed E-state index contributed by atoms with van der Waals surface area (Å²) < 4.78 is 34.8. The molecule has 2 unspecified atom stereocenters. The van der Waals surface area contributed by atoms with Crippen LogP contribution in [0.3, 0.4) is 0 Å². The monoisotopic (exact) mass is 1260 g/mol. The van der Waals surface area contributed by atoms with Crippen molar-refractivity contribution >= 4 is 19.8 Å². The summed E-state index contributed by atoms with van der Waals surface area (Å²) in [5.74, 6) is -0.773. The van der Waals surface area contributed by atoms with Crippen molar-refractivity contribution in [3.05, 3.63) is 48.6 Å². The Balaban J connectivity index is 3.93. The van der Waals surface area contributed by atoms with Gasteiger partial charge in [-0.2, -0.15) is 0 Å². The predicted octanol–water partition coefficient (Wildman–Crippen LogP) is 25.2. The Labute approximate surface area is 547 Å². The summed E-state index contributed by atoms with van der Waals surface area (Å²) in [5, 5.41) is 0. The van der Waals surface area contributed by atoms with Crippen LogP contribution in [0.5, 0.6) is 0 Å². The Kier molecular flexibility index (Phi) is 67.7. The average Bonchev–Trinajstić information content (AvgIpc) is 3.56. The van der Waals surface area contributed by atoms with E-state index in [1.807, 2.05) is 21.1 Å². The van der Waals surface area contributed by atoms with Crippen LogP contribution in [0.4, 0.5) is 0 Å². The molecule has 0 heterocycles. The van der Waals surface area contributed by atoms with E-state index in [1.54, 1.807) is 0 Å². The molecule has 0 saturated carbocycles. The van der Waals surface area contributed by atoms with E-state index in [-0.39, 0.29) is 25.6 Å². The Bertz CT molecular complexity index is 1620. The van der Waals surface area contributed by atoms with Gasteiger partial charge in [-0.05, 0) is 51.4 Å². The van der Waals surface area contributed by atoms with Crippen LogP contribution in [0.1, 0.15) is 386 Å². The van der Waals surface area contributed by atoms with Crippen molar-refractivity contribution in [3.63, 3.8) is 0 Å². The van der Waals surface area contributed by atoms with E-state index >= 15 is 0 Å². The maximum Gasteiger partial charge on any atom is 0.472 e. The Morgan fingerprint density at radius 2 is 0.648 bits per heavy atom. The predicted molar refractivity (Wildman–Crippen MR) is 381 cm³/mol. The maximum absolute atomic E-state index is 12.9. The first kappa shape index (κ1) is 86.0. The quantitative estimate of drug-likeness (QED) is 0.0211. The smallest absolute Gasteiger partial charge is 0.462 e. The van der Waals surface area contributed by atoms with Crippen molar-refractivity contribution in [1.29, 1.82) is 0 Å². The summed E-state index contributed by atoms with van der Waals surface area (Å²) in [6, 6.07) is 0. The van der Waals surface area contributed by atoms with Gasteiger partial charge in [0.15, 0.2) is 6.10 Å². The number of phosphoric ester groups is 1. The molecule has 1 N–H and O–H groups in total. The van der Waals surface area contributed by atoms with E-state index in [0.29, 0.717) is 23.9 Å². The normalized spacial score (nSPS) is 13.3. The number of phosphoric acid groups is 1. The lowest BCUT2D eigenvalue weighted by molar-refractivity contribution is -0.870. The number of unbranched alkanes of at least 4 members (excludes halogenated alkanes) is 50. The molecule has 518 valence electrons. The zero-order valence-electron chi connectivity index (χ0n) is 59.2. The van der Waals surface area contributed by atoms with Crippen molar-refractivity contribution in [2.24, 2.45) is 0 Å². The number of hydrogen-bond donors (Lipinski definition) is 1. The molecule has 0 saturated heterocycles. The summed E-state index contributed by atoms with van der Waals surface area (Å²) >= 11 is 0. The molecule has 9 nitrogen and oxygen atoms in total. The van der Waals surface area contributed by atoms with Gasteiger partial charge in [0.2, 0.25) is 0 Å². The van der Waals surface area contributed by atoms with Gasteiger partial charge in [0.05, 0.1) is 27.7 Å². The molecule has 10 heteroatoms. The van der Waals surface area contributed by atoms with Crippen molar-refractivity contribution in [2.75, 3.05) is 47.5 Å². The molecular weight excluding hydrogens is 1110 g/mol. The molecule has 0 bridgehead atoms. The first-order valence-electron chi connectivity index (χ1n) is 38.4. The second kappa shape index (κ2) is 69.3. The zero-order chi connectivity index (χ0) is 64.1. The largest absolute Gasteiger partial charge is 0.472 e. The molecule has 88 heavy (non-hydrogen) atoms. The minimum Gasteiger partial charge on any atom is -0.462 e. The highest BCUT2D eigenvalue weighted by Crippen LogP contribution is 2.43. The summed E-state index contributed by atoms with van der Waals surface area (Å²) in [6.45, 7) is 4.40. The molecule has 0 aliphatic heterocycles.